The van der Waals surface area contributed by atoms with Crippen molar-refractivity contribution in [2.45, 2.75) is 64.0 Å². The van der Waals surface area contributed by atoms with Gasteiger partial charge in [0.25, 0.3) is 5.91 Å². The van der Waals surface area contributed by atoms with Crippen molar-refractivity contribution < 1.29 is 22.7 Å². The number of carbonyl (C=O) groups is 2. The third-order valence-corrected chi connectivity index (χ3v) is 9.50. The molecule has 0 aliphatic carbocycles. The molecule has 2 aliphatic heterocycles. The summed E-state index contributed by atoms with van der Waals surface area (Å²) < 4.78 is 36.1. The Bertz CT molecular complexity index is 1210. The summed E-state index contributed by atoms with van der Waals surface area (Å²) in [5, 5.41) is 0. The first-order chi connectivity index (χ1) is 16.0. The molecule has 4 rings (SSSR count). The number of aryl methyl sites for hydroxylation is 2. The number of anilines is 1. The Hall–Kier alpha value is -2.07. The third-order valence-electron chi connectivity index (χ3n) is 6.83. The second-order valence-corrected chi connectivity index (χ2v) is 11.8. The van der Waals surface area contributed by atoms with E-state index in [1.165, 1.54) is 4.31 Å². The first kappa shape index (κ1) is 25.0. The van der Waals surface area contributed by atoms with Gasteiger partial charge in [-0.3, -0.25) is 9.59 Å². The Morgan fingerprint density at radius 3 is 2.24 bits per heavy atom. The predicted molar refractivity (Wildman–Crippen MR) is 133 cm³/mol. The van der Waals surface area contributed by atoms with Gasteiger partial charge in [-0.25, -0.2) is 13.3 Å². The molecule has 2 fully saturated rings. The number of hydrogen-bond donors (Lipinski definition) is 0. The number of carbonyl (C=O) groups excluding carboxylic acids is 2. The largest absolute Gasteiger partial charge is 0.377 e. The molecule has 2 aromatic carbocycles. The van der Waals surface area contributed by atoms with Gasteiger partial charge in [0.1, 0.15) is 6.04 Å². The number of halogens is 1. The number of amides is 2. The summed E-state index contributed by atoms with van der Waals surface area (Å²) in [6.07, 6.45) is 1.03. The summed E-state index contributed by atoms with van der Waals surface area (Å²) in [5.41, 5.74) is 3.46. The SMILES string of the molecule is Cc1cc(C)c(C)c(S(=O)(=O)N(CC2CCCO2)C2CC(=O)N(c3ccc(Br)cc3)C2=O)c1C. The van der Waals surface area contributed by atoms with Gasteiger partial charge in [-0.05, 0) is 87.1 Å². The van der Waals surface area contributed by atoms with Gasteiger partial charge in [-0.1, -0.05) is 22.0 Å². The van der Waals surface area contributed by atoms with Crippen molar-refractivity contribution in [3.8, 4) is 0 Å². The molecule has 2 unspecified atom stereocenters. The van der Waals surface area contributed by atoms with Crippen molar-refractivity contribution in [3.05, 3.63) is 57.1 Å². The van der Waals surface area contributed by atoms with Crippen LogP contribution in [0.4, 0.5) is 5.69 Å². The maximum atomic E-state index is 14.2. The molecular formula is C25H29BrN2O5S. The van der Waals surface area contributed by atoms with Crippen LogP contribution < -0.4 is 4.90 Å². The minimum Gasteiger partial charge on any atom is -0.377 e. The van der Waals surface area contributed by atoms with E-state index >= 15 is 0 Å². The molecule has 0 saturated carbocycles. The van der Waals surface area contributed by atoms with Crippen molar-refractivity contribution in [1.82, 2.24) is 4.31 Å². The molecule has 0 radical (unpaired) electrons. The first-order valence-corrected chi connectivity index (χ1v) is 13.6. The molecule has 0 bridgehead atoms. The van der Waals surface area contributed by atoms with E-state index in [1.807, 2.05) is 19.9 Å². The summed E-state index contributed by atoms with van der Waals surface area (Å²) in [4.78, 5) is 27.8. The summed E-state index contributed by atoms with van der Waals surface area (Å²) in [6.45, 7) is 7.92. The molecular weight excluding hydrogens is 520 g/mol. The molecule has 2 saturated heterocycles. The molecule has 0 aromatic heterocycles. The zero-order valence-corrected chi connectivity index (χ0v) is 22.2. The highest BCUT2D eigenvalue weighted by molar-refractivity contribution is 9.10. The van der Waals surface area contributed by atoms with Gasteiger partial charge in [0.15, 0.2) is 0 Å². The monoisotopic (exact) mass is 548 g/mol. The van der Waals surface area contributed by atoms with Crippen LogP contribution in [-0.2, 0) is 24.3 Å². The van der Waals surface area contributed by atoms with Crippen LogP contribution in [0.25, 0.3) is 0 Å². The molecule has 2 atom stereocenters. The number of benzene rings is 2. The van der Waals surface area contributed by atoms with Gasteiger partial charge in [0.05, 0.1) is 23.1 Å². The highest BCUT2D eigenvalue weighted by Crippen LogP contribution is 2.34. The molecule has 9 heteroatoms. The number of imide groups is 1. The quantitative estimate of drug-likeness (QED) is 0.505. The fourth-order valence-corrected chi connectivity index (χ4v) is 7.23. The minimum atomic E-state index is -4.10. The van der Waals surface area contributed by atoms with Crippen molar-refractivity contribution in [2.24, 2.45) is 0 Å². The average molecular weight is 549 g/mol. The summed E-state index contributed by atoms with van der Waals surface area (Å²) in [7, 11) is -4.10. The van der Waals surface area contributed by atoms with Crippen molar-refractivity contribution in [2.75, 3.05) is 18.1 Å². The van der Waals surface area contributed by atoms with Crippen LogP contribution in [0.15, 0.2) is 39.7 Å². The van der Waals surface area contributed by atoms with Crippen LogP contribution in [0.3, 0.4) is 0 Å². The molecule has 0 N–H and O–H groups in total. The molecule has 2 aromatic rings. The van der Waals surface area contributed by atoms with E-state index in [1.54, 1.807) is 38.1 Å². The Kier molecular flexibility index (Phi) is 7.01. The van der Waals surface area contributed by atoms with E-state index in [0.29, 0.717) is 29.8 Å². The number of sulfonamides is 1. The van der Waals surface area contributed by atoms with Crippen LogP contribution >= 0.6 is 15.9 Å². The minimum absolute atomic E-state index is 0.0338. The molecule has 2 heterocycles. The Balaban J connectivity index is 1.79. The molecule has 7 nitrogen and oxygen atoms in total. The van der Waals surface area contributed by atoms with Gasteiger partial charge in [0, 0.05) is 17.6 Å². The fraction of sp³-hybridized carbons (Fsp3) is 0.440. The highest BCUT2D eigenvalue weighted by atomic mass is 79.9. The predicted octanol–water partition coefficient (Wildman–Crippen LogP) is 4.18. The standard InChI is InChI=1S/C25H29BrN2O5S/c1-15-12-16(2)18(4)24(17(15)3)34(31,32)27(14-21-6-5-11-33-21)22-13-23(29)28(25(22)30)20-9-7-19(26)8-10-20/h7-10,12,21-22H,5-6,11,13-14H2,1-4H3. The second kappa shape index (κ2) is 9.53. The van der Waals surface area contributed by atoms with Crippen LogP contribution in [-0.4, -0.2) is 49.8 Å². The Morgan fingerprint density at radius 1 is 1.06 bits per heavy atom. The van der Waals surface area contributed by atoms with E-state index in [0.717, 1.165) is 26.9 Å². The van der Waals surface area contributed by atoms with Crippen LogP contribution in [0.5, 0.6) is 0 Å². The zero-order valence-electron chi connectivity index (χ0n) is 19.8. The highest BCUT2D eigenvalue weighted by Gasteiger charge is 2.48. The van der Waals surface area contributed by atoms with E-state index in [9.17, 15) is 18.0 Å². The number of ether oxygens (including phenoxy) is 1. The van der Waals surface area contributed by atoms with E-state index < -0.39 is 27.9 Å². The normalized spacial score (nSPS) is 21.2. The van der Waals surface area contributed by atoms with Gasteiger partial charge < -0.3 is 4.74 Å². The molecule has 182 valence electrons. The van der Waals surface area contributed by atoms with Gasteiger partial charge in [0.2, 0.25) is 15.9 Å². The maximum absolute atomic E-state index is 14.2. The lowest BCUT2D eigenvalue weighted by atomic mass is 10.0. The fourth-order valence-electron chi connectivity index (χ4n) is 4.77. The van der Waals surface area contributed by atoms with E-state index in [2.05, 4.69) is 15.9 Å². The van der Waals surface area contributed by atoms with Crippen molar-refractivity contribution in [3.63, 3.8) is 0 Å². The Morgan fingerprint density at radius 2 is 1.68 bits per heavy atom. The lowest BCUT2D eigenvalue weighted by Crippen LogP contribution is -2.48. The summed E-state index contributed by atoms with van der Waals surface area (Å²) in [6, 6.07) is 7.66. The maximum Gasteiger partial charge on any atom is 0.252 e. The Labute approximate surface area is 209 Å². The summed E-state index contributed by atoms with van der Waals surface area (Å²) in [5.74, 6) is -0.952. The van der Waals surface area contributed by atoms with Crippen LogP contribution in [0.2, 0.25) is 0 Å². The van der Waals surface area contributed by atoms with Gasteiger partial charge in [-0.2, -0.15) is 4.31 Å². The van der Waals surface area contributed by atoms with E-state index in [4.69, 9.17) is 4.74 Å². The lowest BCUT2D eigenvalue weighted by Gasteiger charge is -2.30. The topological polar surface area (TPSA) is 84.0 Å². The van der Waals surface area contributed by atoms with Crippen LogP contribution in [0, 0.1) is 27.7 Å². The molecule has 34 heavy (non-hydrogen) atoms. The molecule has 0 spiro atoms. The third kappa shape index (κ3) is 4.46. The lowest BCUT2D eigenvalue weighted by molar-refractivity contribution is -0.122. The van der Waals surface area contributed by atoms with Crippen molar-refractivity contribution in [1.29, 1.82) is 0 Å². The van der Waals surface area contributed by atoms with Gasteiger partial charge >= 0.3 is 0 Å². The van der Waals surface area contributed by atoms with Crippen LogP contribution in [0.1, 0.15) is 41.5 Å². The molecule has 2 aliphatic rings. The second-order valence-electron chi connectivity index (χ2n) is 9.06. The number of hydrogen-bond acceptors (Lipinski definition) is 5. The van der Waals surface area contributed by atoms with Crippen molar-refractivity contribution >= 4 is 43.5 Å². The first-order valence-electron chi connectivity index (χ1n) is 11.4. The smallest absolute Gasteiger partial charge is 0.252 e. The number of nitrogens with zero attached hydrogens (tertiary/aromatic N) is 2. The molecule has 2 amide bonds. The average Bonchev–Trinajstić information content (AvgIpc) is 3.39. The zero-order chi connectivity index (χ0) is 24.8. The van der Waals surface area contributed by atoms with E-state index in [-0.39, 0.29) is 24.0 Å². The number of rotatable bonds is 6. The summed E-state index contributed by atoms with van der Waals surface area (Å²) >= 11 is 3.36. The van der Waals surface area contributed by atoms with Gasteiger partial charge in [-0.15, -0.1) is 0 Å².